The molecule has 2 fully saturated rings. The fourth-order valence-electron chi connectivity index (χ4n) is 4.59. The molecule has 0 aromatic heterocycles. The maximum Gasteiger partial charge on any atom is -0.0233 e. The summed E-state index contributed by atoms with van der Waals surface area (Å²) in [6.45, 7) is 6.00. The van der Waals surface area contributed by atoms with Gasteiger partial charge >= 0.3 is 0 Å². The van der Waals surface area contributed by atoms with Crippen LogP contribution in [0.5, 0.6) is 0 Å². The van der Waals surface area contributed by atoms with Crippen LogP contribution >= 0.6 is 0 Å². The van der Waals surface area contributed by atoms with Gasteiger partial charge in [-0.2, -0.15) is 0 Å². The molecule has 0 aromatic rings. The van der Waals surface area contributed by atoms with Crippen LogP contribution in [0, 0.1) is 23.7 Å². The highest BCUT2D eigenvalue weighted by Gasteiger charge is 2.20. The molecule has 0 bridgehead atoms. The summed E-state index contributed by atoms with van der Waals surface area (Å²) >= 11 is 0. The summed E-state index contributed by atoms with van der Waals surface area (Å²) in [6, 6.07) is 0. The van der Waals surface area contributed by atoms with Crippen molar-refractivity contribution in [1.29, 1.82) is 0 Å². The summed E-state index contributed by atoms with van der Waals surface area (Å²) in [5.41, 5.74) is 0. The SMILES string of the molecule is C=CCCC1CCC(CC/C=C/C2CCC(/C=C/C)CC2)CC1. The Balaban J connectivity index is 1.55. The molecule has 23 heavy (non-hydrogen) atoms. The maximum absolute atomic E-state index is 3.85. The first-order valence-electron chi connectivity index (χ1n) is 10.2. The Bertz CT molecular complexity index is 359. The molecular weight excluding hydrogens is 276 g/mol. The van der Waals surface area contributed by atoms with Crippen LogP contribution in [-0.2, 0) is 0 Å². The van der Waals surface area contributed by atoms with Crippen molar-refractivity contribution in [1.82, 2.24) is 0 Å². The molecule has 0 heterocycles. The first-order valence-corrected chi connectivity index (χ1v) is 10.2. The number of rotatable bonds is 8. The Kier molecular flexibility index (Phi) is 8.79. The largest absolute Gasteiger partial charge is 0.103 e. The Labute approximate surface area is 145 Å². The van der Waals surface area contributed by atoms with Crippen molar-refractivity contribution >= 4 is 0 Å². The number of hydrogen-bond donors (Lipinski definition) is 0. The van der Waals surface area contributed by atoms with Crippen molar-refractivity contribution in [3.63, 3.8) is 0 Å². The number of hydrogen-bond acceptors (Lipinski definition) is 0. The smallest absolute Gasteiger partial charge is 0.0233 e. The lowest BCUT2D eigenvalue weighted by atomic mass is 9.78. The van der Waals surface area contributed by atoms with Gasteiger partial charge in [0.25, 0.3) is 0 Å². The van der Waals surface area contributed by atoms with E-state index in [-0.39, 0.29) is 0 Å². The van der Waals surface area contributed by atoms with E-state index in [4.69, 9.17) is 0 Å². The minimum Gasteiger partial charge on any atom is -0.103 e. The van der Waals surface area contributed by atoms with E-state index in [2.05, 4.69) is 43.9 Å². The molecule has 2 aliphatic rings. The van der Waals surface area contributed by atoms with Crippen LogP contribution < -0.4 is 0 Å². The molecule has 130 valence electrons. The van der Waals surface area contributed by atoms with Crippen molar-refractivity contribution in [2.24, 2.45) is 23.7 Å². The number of allylic oxidation sites excluding steroid dienone is 5. The molecule has 0 saturated heterocycles. The summed E-state index contributed by atoms with van der Waals surface area (Å²) < 4.78 is 0. The van der Waals surface area contributed by atoms with Crippen molar-refractivity contribution < 1.29 is 0 Å². The van der Waals surface area contributed by atoms with Gasteiger partial charge < -0.3 is 0 Å². The first-order chi connectivity index (χ1) is 11.3. The minimum atomic E-state index is 0.862. The van der Waals surface area contributed by atoms with Crippen LogP contribution in [0.4, 0.5) is 0 Å². The van der Waals surface area contributed by atoms with Gasteiger partial charge in [-0.25, -0.2) is 0 Å². The average Bonchev–Trinajstić information content (AvgIpc) is 2.59. The van der Waals surface area contributed by atoms with Crippen molar-refractivity contribution in [2.75, 3.05) is 0 Å². The minimum absolute atomic E-state index is 0.862. The van der Waals surface area contributed by atoms with E-state index in [1.165, 1.54) is 77.0 Å². The van der Waals surface area contributed by atoms with Crippen molar-refractivity contribution in [2.45, 2.75) is 84.0 Å². The van der Waals surface area contributed by atoms with E-state index < -0.39 is 0 Å². The highest BCUT2D eigenvalue weighted by Crippen LogP contribution is 2.34. The van der Waals surface area contributed by atoms with Gasteiger partial charge in [-0.3, -0.25) is 0 Å². The van der Waals surface area contributed by atoms with E-state index in [0.717, 1.165) is 23.7 Å². The molecular formula is C23H38. The molecule has 0 amide bonds. The Morgan fingerprint density at radius 1 is 0.739 bits per heavy atom. The Morgan fingerprint density at radius 2 is 1.26 bits per heavy atom. The van der Waals surface area contributed by atoms with Crippen LogP contribution in [-0.4, -0.2) is 0 Å². The van der Waals surface area contributed by atoms with Crippen molar-refractivity contribution in [3.8, 4) is 0 Å². The van der Waals surface area contributed by atoms with Gasteiger partial charge in [0.2, 0.25) is 0 Å². The topological polar surface area (TPSA) is 0 Å². The molecule has 0 nitrogen and oxygen atoms in total. The molecule has 0 heteroatoms. The lowest BCUT2D eigenvalue weighted by Crippen LogP contribution is -2.14. The molecule has 0 unspecified atom stereocenters. The fraction of sp³-hybridized carbons (Fsp3) is 0.739. The van der Waals surface area contributed by atoms with Gasteiger partial charge in [-0.05, 0) is 82.0 Å². The highest BCUT2D eigenvalue weighted by atomic mass is 14.3. The Morgan fingerprint density at radius 3 is 1.78 bits per heavy atom. The van der Waals surface area contributed by atoms with Crippen LogP contribution in [0.25, 0.3) is 0 Å². The molecule has 2 aliphatic carbocycles. The van der Waals surface area contributed by atoms with E-state index >= 15 is 0 Å². The van der Waals surface area contributed by atoms with Crippen molar-refractivity contribution in [3.05, 3.63) is 37.0 Å². The average molecular weight is 315 g/mol. The second-order valence-corrected chi connectivity index (χ2v) is 7.96. The summed E-state index contributed by atoms with van der Waals surface area (Å²) in [4.78, 5) is 0. The van der Waals surface area contributed by atoms with Gasteiger partial charge in [0.15, 0.2) is 0 Å². The standard InChI is InChI=1S/C23H38/c1-3-5-9-21-16-18-23(19-17-21)11-7-6-10-22-14-12-20(8-4-2)13-15-22/h3-4,6,8,10,20-23H,1,5,7,9,11-19H2,2H3/b8-4+,10-6+. The van der Waals surface area contributed by atoms with Gasteiger partial charge in [0, 0.05) is 0 Å². The molecule has 0 radical (unpaired) electrons. The van der Waals surface area contributed by atoms with E-state index in [9.17, 15) is 0 Å². The summed E-state index contributed by atoms with van der Waals surface area (Å²) in [5.74, 6) is 3.73. The van der Waals surface area contributed by atoms with E-state index in [0.29, 0.717) is 0 Å². The van der Waals surface area contributed by atoms with Crippen LogP contribution in [0.3, 0.4) is 0 Å². The molecule has 0 spiro atoms. The predicted molar refractivity (Wildman–Crippen MR) is 104 cm³/mol. The maximum atomic E-state index is 3.85. The third-order valence-corrected chi connectivity index (χ3v) is 6.18. The zero-order chi connectivity index (χ0) is 16.3. The second-order valence-electron chi connectivity index (χ2n) is 7.96. The molecule has 0 aromatic carbocycles. The van der Waals surface area contributed by atoms with Gasteiger partial charge in [0.1, 0.15) is 0 Å². The molecule has 2 rings (SSSR count). The normalized spacial score (nSPS) is 32.6. The van der Waals surface area contributed by atoms with Crippen LogP contribution in [0.1, 0.15) is 84.0 Å². The highest BCUT2D eigenvalue weighted by molar-refractivity contribution is 4.95. The van der Waals surface area contributed by atoms with Gasteiger partial charge in [-0.1, -0.05) is 56.1 Å². The van der Waals surface area contributed by atoms with Gasteiger partial charge in [-0.15, -0.1) is 6.58 Å². The lowest BCUT2D eigenvalue weighted by molar-refractivity contribution is 0.255. The summed E-state index contributed by atoms with van der Waals surface area (Å²) in [7, 11) is 0. The van der Waals surface area contributed by atoms with Gasteiger partial charge in [0.05, 0.1) is 0 Å². The quantitative estimate of drug-likeness (QED) is 0.407. The molecule has 0 N–H and O–H groups in total. The summed E-state index contributed by atoms with van der Waals surface area (Å²) in [5, 5.41) is 0. The van der Waals surface area contributed by atoms with Crippen LogP contribution in [0.15, 0.2) is 37.0 Å². The zero-order valence-electron chi connectivity index (χ0n) is 15.4. The first kappa shape index (κ1) is 18.6. The predicted octanol–water partition coefficient (Wildman–Crippen LogP) is 7.48. The zero-order valence-corrected chi connectivity index (χ0v) is 15.4. The van der Waals surface area contributed by atoms with Crippen LogP contribution in [0.2, 0.25) is 0 Å². The molecule has 0 aliphatic heterocycles. The molecule has 2 saturated carbocycles. The van der Waals surface area contributed by atoms with E-state index in [1.54, 1.807) is 0 Å². The second kappa shape index (κ2) is 10.9. The monoisotopic (exact) mass is 314 g/mol. The van der Waals surface area contributed by atoms with E-state index in [1.807, 2.05) is 0 Å². The fourth-order valence-corrected chi connectivity index (χ4v) is 4.59. The summed E-state index contributed by atoms with van der Waals surface area (Å²) in [6.07, 6.45) is 28.6. The Hall–Kier alpha value is -0.780. The lowest BCUT2D eigenvalue weighted by Gasteiger charge is -2.28. The third-order valence-electron chi connectivity index (χ3n) is 6.18. The molecule has 0 atom stereocenters. The third kappa shape index (κ3) is 7.10.